The lowest BCUT2D eigenvalue weighted by molar-refractivity contribution is 0.238. The summed E-state index contributed by atoms with van der Waals surface area (Å²) in [7, 11) is 0.391. The van der Waals surface area contributed by atoms with E-state index in [4.69, 9.17) is 8.85 Å². The summed E-state index contributed by atoms with van der Waals surface area (Å²) in [5, 5.41) is 0. The molecule has 0 amide bonds. The number of hydrogen-bond acceptors (Lipinski definition) is 4. The fourth-order valence-electron chi connectivity index (χ4n) is 2.89. The van der Waals surface area contributed by atoms with Gasteiger partial charge >= 0.3 is 8.56 Å². The molecule has 0 aromatic heterocycles. The molecule has 0 N–H and O–H groups in total. The zero-order valence-corrected chi connectivity index (χ0v) is 19.1. The molecule has 0 heterocycles. The van der Waals surface area contributed by atoms with Gasteiger partial charge in [0.2, 0.25) is 0 Å². The van der Waals surface area contributed by atoms with Crippen LogP contribution in [0, 0.1) is 0 Å². The van der Waals surface area contributed by atoms with Gasteiger partial charge in [0, 0.05) is 27.3 Å². The first kappa shape index (κ1) is 23.3. The minimum atomic E-state index is -1.92. The first-order chi connectivity index (χ1) is 10.7. The molecule has 0 aliphatic rings. The van der Waals surface area contributed by atoms with E-state index in [0.29, 0.717) is 0 Å². The molecule has 4 nitrogen and oxygen atoms in total. The molecule has 0 spiro atoms. The van der Waals surface area contributed by atoms with Crippen molar-refractivity contribution in [2.24, 2.45) is 0 Å². The van der Waals surface area contributed by atoms with Crippen molar-refractivity contribution in [3.05, 3.63) is 0 Å². The van der Waals surface area contributed by atoms with Gasteiger partial charge in [-0.2, -0.15) is 0 Å². The molecule has 0 saturated carbocycles. The Bertz CT molecular complexity index is 289. The highest BCUT2D eigenvalue weighted by Gasteiger charge is 2.30. The van der Waals surface area contributed by atoms with Crippen molar-refractivity contribution in [2.75, 3.05) is 46.9 Å². The highest BCUT2D eigenvalue weighted by molar-refractivity contribution is 6.73. The van der Waals surface area contributed by atoms with Crippen LogP contribution in [0.1, 0.15) is 33.1 Å². The van der Waals surface area contributed by atoms with E-state index in [2.05, 4.69) is 49.5 Å². The summed E-state index contributed by atoms with van der Waals surface area (Å²) in [6.07, 6.45) is 3.67. The van der Waals surface area contributed by atoms with Gasteiger partial charge in [-0.05, 0) is 51.5 Å². The van der Waals surface area contributed by atoms with E-state index in [-0.39, 0.29) is 0 Å². The second-order valence-electron chi connectivity index (χ2n) is 7.65. The lowest BCUT2D eigenvalue weighted by Crippen LogP contribution is -2.50. The molecule has 0 aromatic carbocycles. The molecule has 0 aliphatic heterocycles. The summed E-state index contributed by atoms with van der Waals surface area (Å²) in [5.74, 6) is 0. The zero-order chi connectivity index (χ0) is 17.9. The standard InChI is InChI=1S/C17H42N2O2Si2/c1-9-12-18(13-10-2)15-16-19(22(5,6)7)14-11-17-23(8,20-3)21-4/h9-17H2,1-8H3. The van der Waals surface area contributed by atoms with Gasteiger partial charge in [-0.15, -0.1) is 0 Å². The first-order valence-electron chi connectivity index (χ1n) is 9.30. The molecule has 6 heteroatoms. The van der Waals surface area contributed by atoms with Crippen LogP contribution in [0.2, 0.25) is 32.2 Å². The van der Waals surface area contributed by atoms with E-state index in [1.165, 1.54) is 52.0 Å². The van der Waals surface area contributed by atoms with Crippen LogP contribution in [-0.2, 0) is 8.85 Å². The predicted octanol–water partition coefficient (Wildman–Crippen LogP) is 4.00. The highest BCUT2D eigenvalue weighted by atomic mass is 28.4. The van der Waals surface area contributed by atoms with Crippen molar-refractivity contribution < 1.29 is 8.85 Å². The molecule has 0 bridgehead atoms. The van der Waals surface area contributed by atoms with E-state index in [1.54, 1.807) is 14.2 Å². The van der Waals surface area contributed by atoms with Crippen molar-refractivity contribution in [2.45, 2.75) is 65.3 Å². The number of hydrogen-bond donors (Lipinski definition) is 0. The topological polar surface area (TPSA) is 24.9 Å². The van der Waals surface area contributed by atoms with E-state index >= 15 is 0 Å². The van der Waals surface area contributed by atoms with Crippen LogP contribution in [0.3, 0.4) is 0 Å². The summed E-state index contributed by atoms with van der Waals surface area (Å²) in [6, 6.07) is 1.08. The fourth-order valence-corrected chi connectivity index (χ4v) is 5.87. The Morgan fingerprint density at radius 2 is 1.26 bits per heavy atom. The normalized spacial score (nSPS) is 13.3. The van der Waals surface area contributed by atoms with Gasteiger partial charge in [0.25, 0.3) is 0 Å². The molecular formula is C17H42N2O2Si2. The van der Waals surface area contributed by atoms with Gasteiger partial charge in [-0.1, -0.05) is 33.5 Å². The van der Waals surface area contributed by atoms with Crippen LogP contribution >= 0.6 is 0 Å². The van der Waals surface area contributed by atoms with Crippen molar-refractivity contribution in [3.63, 3.8) is 0 Å². The Labute approximate surface area is 147 Å². The number of rotatable bonds is 14. The zero-order valence-electron chi connectivity index (χ0n) is 17.1. The molecule has 0 aromatic rings. The van der Waals surface area contributed by atoms with E-state index < -0.39 is 16.8 Å². The van der Waals surface area contributed by atoms with Gasteiger partial charge in [0.15, 0.2) is 0 Å². The van der Waals surface area contributed by atoms with E-state index in [1.807, 2.05) is 0 Å². The Morgan fingerprint density at radius 3 is 1.65 bits per heavy atom. The third-order valence-electron chi connectivity index (χ3n) is 4.64. The van der Waals surface area contributed by atoms with Gasteiger partial charge < -0.3 is 18.3 Å². The maximum absolute atomic E-state index is 5.62. The largest absolute Gasteiger partial charge is 0.398 e. The molecule has 0 saturated heterocycles. The Hall–Kier alpha value is 0.274. The maximum Gasteiger partial charge on any atom is 0.334 e. The van der Waals surface area contributed by atoms with Gasteiger partial charge in [0.1, 0.15) is 8.24 Å². The van der Waals surface area contributed by atoms with Crippen LogP contribution in [-0.4, -0.2) is 73.2 Å². The summed E-state index contributed by atoms with van der Waals surface area (Å²) in [4.78, 5) is 2.62. The second kappa shape index (κ2) is 11.8. The quantitative estimate of drug-likeness (QED) is 0.436. The van der Waals surface area contributed by atoms with Crippen LogP contribution in [0.15, 0.2) is 0 Å². The molecule has 0 fully saturated rings. The Kier molecular flexibility index (Phi) is 11.9. The molecule has 0 unspecified atom stereocenters. The third-order valence-corrected chi connectivity index (χ3v) is 9.97. The first-order valence-corrected chi connectivity index (χ1v) is 15.3. The molecule has 0 atom stereocenters. The molecule has 0 radical (unpaired) electrons. The minimum absolute atomic E-state index is 1.08. The van der Waals surface area contributed by atoms with Crippen molar-refractivity contribution >= 4 is 16.8 Å². The maximum atomic E-state index is 5.62. The molecule has 140 valence electrons. The molecule has 0 rings (SSSR count). The summed E-state index contributed by atoms with van der Waals surface area (Å²) in [5.41, 5.74) is 0. The second-order valence-corrected chi connectivity index (χ2v) is 16.2. The van der Waals surface area contributed by atoms with Crippen LogP contribution < -0.4 is 0 Å². The fraction of sp³-hybridized carbons (Fsp3) is 1.00. The summed E-state index contributed by atoms with van der Waals surface area (Å²) in [6.45, 7) is 20.1. The van der Waals surface area contributed by atoms with E-state index in [9.17, 15) is 0 Å². The highest BCUT2D eigenvalue weighted by Crippen LogP contribution is 2.17. The van der Waals surface area contributed by atoms with Crippen molar-refractivity contribution in [1.29, 1.82) is 0 Å². The van der Waals surface area contributed by atoms with Crippen LogP contribution in [0.5, 0.6) is 0 Å². The summed E-state index contributed by atoms with van der Waals surface area (Å²) < 4.78 is 14.0. The predicted molar refractivity (Wildman–Crippen MR) is 107 cm³/mol. The Morgan fingerprint density at radius 1 is 0.739 bits per heavy atom. The average Bonchev–Trinajstić information content (AvgIpc) is 2.49. The SMILES string of the molecule is CCCN(CCC)CCN(CCC[Si](C)(OC)OC)[Si](C)(C)C. The smallest absolute Gasteiger partial charge is 0.334 e. The lowest BCUT2D eigenvalue weighted by Gasteiger charge is -2.36. The van der Waals surface area contributed by atoms with Crippen molar-refractivity contribution in [3.8, 4) is 0 Å². The minimum Gasteiger partial charge on any atom is -0.398 e. The van der Waals surface area contributed by atoms with Gasteiger partial charge in [-0.25, -0.2) is 0 Å². The number of nitrogens with zero attached hydrogens (tertiary/aromatic N) is 2. The molecular weight excluding hydrogens is 320 g/mol. The summed E-state index contributed by atoms with van der Waals surface area (Å²) >= 11 is 0. The molecule has 23 heavy (non-hydrogen) atoms. The van der Waals surface area contributed by atoms with Crippen molar-refractivity contribution in [1.82, 2.24) is 9.47 Å². The monoisotopic (exact) mass is 362 g/mol. The Balaban J connectivity index is 4.48. The van der Waals surface area contributed by atoms with Gasteiger partial charge in [0.05, 0.1) is 0 Å². The van der Waals surface area contributed by atoms with Gasteiger partial charge in [-0.3, -0.25) is 0 Å². The average molecular weight is 363 g/mol. The molecule has 0 aliphatic carbocycles. The van der Waals surface area contributed by atoms with Crippen LogP contribution in [0.4, 0.5) is 0 Å². The van der Waals surface area contributed by atoms with Crippen LogP contribution in [0.25, 0.3) is 0 Å². The lowest BCUT2D eigenvalue weighted by atomic mass is 10.3. The third kappa shape index (κ3) is 9.99. The van der Waals surface area contributed by atoms with E-state index in [0.717, 1.165) is 6.04 Å².